The number of unbranched alkanes of at least 4 members (excludes halogenated alkanes) is 1. The van der Waals surface area contributed by atoms with Gasteiger partial charge in [0.15, 0.2) is 5.65 Å². The summed E-state index contributed by atoms with van der Waals surface area (Å²) in [7, 11) is 4.27. The van der Waals surface area contributed by atoms with E-state index in [9.17, 15) is 4.79 Å². The van der Waals surface area contributed by atoms with Crippen LogP contribution in [0.3, 0.4) is 0 Å². The number of amides is 1. The molecule has 37 heavy (non-hydrogen) atoms. The Morgan fingerprint density at radius 1 is 1.03 bits per heavy atom. The van der Waals surface area contributed by atoms with Crippen LogP contribution in [0.25, 0.3) is 22.6 Å². The van der Waals surface area contributed by atoms with Crippen molar-refractivity contribution in [2.75, 3.05) is 26.0 Å². The van der Waals surface area contributed by atoms with E-state index in [1.807, 2.05) is 13.0 Å². The van der Waals surface area contributed by atoms with Crippen molar-refractivity contribution in [2.45, 2.75) is 46.5 Å². The summed E-state index contributed by atoms with van der Waals surface area (Å²) >= 11 is 0. The first-order chi connectivity index (χ1) is 17.8. The number of rotatable bonds is 11. The summed E-state index contributed by atoms with van der Waals surface area (Å²) in [4.78, 5) is 31.7. The molecule has 1 amide bonds. The molecule has 4 aromatic rings. The van der Waals surface area contributed by atoms with Crippen molar-refractivity contribution in [1.82, 2.24) is 24.8 Å². The highest BCUT2D eigenvalue weighted by molar-refractivity contribution is 6.11. The van der Waals surface area contributed by atoms with Crippen molar-refractivity contribution in [2.24, 2.45) is 11.8 Å². The van der Waals surface area contributed by atoms with Gasteiger partial charge < -0.3 is 15.2 Å². The molecule has 0 radical (unpaired) electrons. The molecular weight excluding hydrogens is 460 g/mol. The lowest BCUT2D eigenvalue weighted by Crippen LogP contribution is -2.14. The second kappa shape index (κ2) is 12.1. The number of aromatic amines is 1. The lowest BCUT2D eigenvalue weighted by Gasteiger charge is -2.20. The SMILES string of the molecule is Cc1ccncc1NC(=O)c1ccnc2nc(-c3ccc(CC(C)C(C)CCCCN(C)C)cc3)[nH]c12. The van der Waals surface area contributed by atoms with E-state index >= 15 is 0 Å². The fourth-order valence-corrected chi connectivity index (χ4v) is 4.57. The van der Waals surface area contributed by atoms with Crippen molar-refractivity contribution < 1.29 is 4.79 Å². The van der Waals surface area contributed by atoms with Crippen molar-refractivity contribution >= 4 is 22.8 Å². The number of carbonyl (C=O) groups excluding carboxylic acids is 1. The molecule has 0 spiro atoms. The highest BCUT2D eigenvalue weighted by Crippen LogP contribution is 2.26. The summed E-state index contributed by atoms with van der Waals surface area (Å²) < 4.78 is 0. The zero-order chi connectivity index (χ0) is 26.4. The van der Waals surface area contributed by atoms with Crippen LogP contribution in [0.2, 0.25) is 0 Å². The first kappa shape index (κ1) is 26.5. The van der Waals surface area contributed by atoms with Crippen LogP contribution in [-0.4, -0.2) is 51.4 Å². The van der Waals surface area contributed by atoms with E-state index in [2.05, 4.69) is 82.4 Å². The van der Waals surface area contributed by atoms with Crippen LogP contribution >= 0.6 is 0 Å². The van der Waals surface area contributed by atoms with Gasteiger partial charge >= 0.3 is 0 Å². The molecule has 3 heterocycles. The molecule has 0 aliphatic heterocycles. The van der Waals surface area contributed by atoms with Crippen molar-refractivity contribution in [3.05, 3.63) is 71.7 Å². The second-order valence-corrected chi connectivity index (χ2v) is 10.4. The Kier molecular flexibility index (Phi) is 8.66. The Hall–Kier alpha value is -3.58. The molecule has 0 fully saturated rings. The van der Waals surface area contributed by atoms with Gasteiger partial charge in [0.2, 0.25) is 0 Å². The van der Waals surface area contributed by atoms with Gasteiger partial charge in [0, 0.05) is 18.0 Å². The molecule has 3 aromatic heterocycles. The standard InChI is InChI=1S/C30H38N6O/c1-20(8-6-7-17-36(4)5)22(3)18-23-9-11-24(12-10-23)28-34-27-25(14-16-32-29(27)35-28)30(37)33-26-19-31-15-13-21(26)2/h9-16,19-20,22H,6-8,17-18H2,1-5H3,(H,33,37)(H,32,34,35). The number of carbonyl (C=O) groups is 1. The number of hydrogen-bond donors (Lipinski definition) is 2. The highest BCUT2D eigenvalue weighted by Gasteiger charge is 2.17. The van der Waals surface area contributed by atoms with Gasteiger partial charge in [-0.05, 0) is 75.5 Å². The number of fused-ring (bicyclic) bond motifs is 1. The largest absolute Gasteiger partial charge is 0.336 e. The van der Waals surface area contributed by atoms with Gasteiger partial charge in [0.1, 0.15) is 5.82 Å². The summed E-state index contributed by atoms with van der Waals surface area (Å²) in [6.07, 6.45) is 9.85. The summed E-state index contributed by atoms with van der Waals surface area (Å²) in [5.41, 5.74) is 5.58. The average Bonchev–Trinajstić information content (AvgIpc) is 3.32. The maximum Gasteiger partial charge on any atom is 0.258 e. The Morgan fingerprint density at radius 2 is 1.81 bits per heavy atom. The van der Waals surface area contributed by atoms with E-state index in [1.54, 1.807) is 24.7 Å². The third-order valence-corrected chi connectivity index (χ3v) is 7.20. The van der Waals surface area contributed by atoms with Crippen LogP contribution in [0.1, 0.15) is 54.6 Å². The van der Waals surface area contributed by atoms with Gasteiger partial charge in [-0.25, -0.2) is 9.97 Å². The number of imidazole rings is 1. The molecule has 2 atom stereocenters. The van der Waals surface area contributed by atoms with Crippen LogP contribution in [0.15, 0.2) is 55.0 Å². The van der Waals surface area contributed by atoms with Gasteiger partial charge in [-0.3, -0.25) is 9.78 Å². The number of aromatic nitrogens is 4. The highest BCUT2D eigenvalue weighted by atomic mass is 16.1. The van der Waals surface area contributed by atoms with Gasteiger partial charge in [0.05, 0.1) is 23.0 Å². The van der Waals surface area contributed by atoms with Gasteiger partial charge in [0.25, 0.3) is 5.91 Å². The average molecular weight is 499 g/mol. The summed E-state index contributed by atoms with van der Waals surface area (Å²) in [6.45, 7) is 7.83. The van der Waals surface area contributed by atoms with Crippen molar-refractivity contribution in [3.63, 3.8) is 0 Å². The first-order valence-electron chi connectivity index (χ1n) is 13.1. The zero-order valence-corrected chi connectivity index (χ0v) is 22.6. The third-order valence-electron chi connectivity index (χ3n) is 7.20. The predicted molar refractivity (Wildman–Crippen MR) is 151 cm³/mol. The minimum absolute atomic E-state index is 0.223. The molecule has 0 saturated heterocycles. The lowest BCUT2D eigenvalue weighted by atomic mass is 9.86. The molecule has 2 N–H and O–H groups in total. The molecule has 1 aromatic carbocycles. The van der Waals surface area contributed by atoms with Crippen LogP contribution in [0.4, 0.5) is 5.69 Å². The third kappa shape index (κ3) is 6.80. The Bertz CT molecular complexity index is 1330. The number of hydrogen-bond acceptors (Lipinski definition) is 5. The van der Waals surface area contributed by atoms with E-state index in [0.717, 1.165) is 24.1 Å². The molecule has 194 valence electrons. The van der Waals surface area contributed by atoms with E-state index < -0.39 is 0 Å². The molecule has 7 heteroatoms. The van der Waals surface area contributed by atoms with Gasteiger partial charge in [-0.15, -0.1) is 0 Å². The van der Waals surface area contributed by atoms with Crippen molar-refractivity contribution in [1.29, 1.82) is 0 Å². The smallest absolute Gasteiger partial charge is 0.258 e. The molecule has 7 nitrogen and oxygen atoms in total. The Balaban J connectivity index is 1.43. The fourth-order valence-electron chi connectivity index (χ4n) is 4.57. The maximum atomic E-state index is 13.0. The maximum absolute atomic E-state index is 13.0. The summed E-state index contributed by atoms with van der Waals surface area (Å²) in [6, 6.07) is 12.1. The summed E-state index contributed by atoms with van der Waals surface area (Å²) in [5, 5.41) is 2.94. The predicted octanol–water partition coefficient (Wildman–Crippen LogP) is 6.13. The molecule has 0 aliphatic rings. The number of nitrogens with one attached hydrogen (secondary N) is 2. The second-order valence-electron chi connectivity index (χ2n) is 10.4. The molecule has 0 aliphatic carbocycles. The molecule has 0 saturated carbocycles. The molecule has 2 unspecified atom stereocenters. The minimum atomic E-state index is -0.223. The van der Waals surface area contributed by atoms with Crippen molar-refractivity contribution in [3.8, 4) is 11.4 Å². The zero-order valence-electron chi connectivity index (χ0n) is 22.6. The van der Waals surface area contributed by atoms with Crippen LogP contribution in [0, 0.1) is 18.8 Å². The number of pyridine rings is 2. The number of anilines is 1. The number of nitrogens with zero attached hydrogens (tertiary/aromatic N) is 4. The Morgan fingerprint density at radius 3 is 2.54 bits per heavy atom. The van der Waals surface area contributed by atoms with E-state index in [4.69, 9.17) is 0 Å². The number of benzene rings is 1. The quantitative estimate of drug-likeness (QED) is 0.243. The van der Waals surface area contributed by atoms with Crippen LogP contribution in [-0.2, 0) is 6.42 Å². The molecular formula is C30H38N6O. The lowest BCUT2D eigenvalue weighted by molar-refractivity contribution is 0.102. The van der Waals surface area contributed by atoms with Gasteiger partial charge in [-0.1, -0.05) is 51.0 Å². The van der Waals surface area contributed by atoms with Crippen LogP contribution < -0.4 is 5.32 Å². The number of H-pyrrole nitrogens is 1. The topological polar surface area (TPSA) is 86.8 Å². The molecule has 4 rings (SSSR count). The van der Waals surface area contributed by atoms with E-state index in [0.29, 0.717) is 40.1 Å². The fraction of sp³-hybridized carbons (Fsp3) is 0.400. The molecule has 0 bridgehead atoms. The summed E-state index contributed by atoms with van der Waals surface area (Å²) in [5.74, 6) is 1.81. The number of aryl methyl sites for hydroxylation is 1. The normalized spacial score (nSPS) is 13.1. The van der Waals surface area contributed by atoms with E-state index in [-0.39, 0.29) is 5.91 Å². The minimum Gasteiger partial charge on any atom is -0.336 e. The first-order valence-corrected chi connectivity index (χ1v) is 13.1. The Labute approximate surface area is 219 Å². The monoisotopic (exact) mass is 498 g/mol. The van der Waals surface area contributed by atoms with E-state index in [1.165, 1.54) is 24.8 Å². The van der Waals surface area contributed by atoms with Gasteiger partial charge in [-0.2, -0.15) is 0 Å². The van der Waals surface area contributed by atoms with Crippen LogP contribution in [0.5, 0.6) is 0 Å².